The molecule has 2 aromatic rings. The normalized spacial score (nSPS) is 13.4. The lowest BCUT2D eigenvalue weighted by Gasteiger charge is -2.11. The van der Waals surface area contributed by atoms with E-state index >= 15 is 0 Å². The Morgan fingerprint density at radius 1 is 1.09 bits per heavy atom. The Morgan fingerprint density at radius 2 is 1.86 bits per heavy atom. The van der Waals surface area contributed by atoms with Crippen molar-refractivity contribution >= 4 is 23.2 Å². The van der Waals surface area contributed by atoms with E-state index < -0.39 is 11.7 Å². The molecule has 1 aliphatic heterocycles. The summed E-state index contributed by atoms with van der Waals surface area (Å²) in [5.41, 5.74) is 0.383. The van der Waals surface area contributed by atoms with Crippen molar-refractivity contribution in [1.82, 2.24) is 0 Å². The Kier molecular flexibility index (Phi) is 4.15. The molecule has 0 fully saturated rings. The number of hydrogen-bond donors (Lipinski definition) is 1. The molecule has 0 saturated heterocycles. The number of halogens is 2. The van der Waals surface area contributed by atoms with Gasteiger partial charge in [0.15, 0.2) is 11.5 Å². The van der Waals surface area contributed by atoms with Crippen molar-refractivity contribution in [3.63, 3.8) is 0 Å². The van der Waals surface area contributed by atoms with Crippen molar-refractivity contribution < 1.29 is 18.7 Å². The van der Waals surface area contributed by atoms with Crippen LogP contribution in [-0.2, 0) is 0 Å². The van der Waals surface area contributed by atoms with Crippen LogP contribution < -0.4 is 14.8 Å². The third-order valence-corrected chi connectivity index (χ3v) is 3.41. The maximum absolute atomic E-state index is 13.7. The number of anilines is 1. The molecular formula is C16H13ClFNO3. The lowest BCUT2D eigenvalue weighted by molar-refractivity contribution is 0.102. The summed E-state index contributed by atoms with van der Waals surface area (Å²) in [7, 11) is 0. The number of hydrogen-bond acceptors (Lipinski definition) is 3. The van der Waals surface area contributed by atoms with E-state index in [1.165, 1.54) is 12.1 Å². The van der Waals surface area contributed by atoms with Crippen molar-refractivity contribution in [3.05, 3.63) is 52.8 Å². The summed E-state index contributed by atoms with van der Waals surface area (Å²) in [6.07, 6.45) is 0.796. The molecule has 2 aromatic carbocycles. The number of nitrogens with one attached hydrogen (secondary N) is 1. The monoisotopic (exact) mass is 321 g/mol. The first-order valence-corrected chi connectivity index (χ1v) is 7.17. The van der Waals surface area contributed by atoms with Crippen LogP contribution in [0.15, 0.2) is 36.4 Å². The van der Waals surface area contributed by atoms with Gasteiger partial charge in [-0.15, -0.1) is 0 Å². The molecule has 0 spiro atoms. The molecule has 1 aliphatic rings. The molecule has 22 heavy (non-hydrogen) atoms. The maximum atomic E-state index is 13.7. The second-order valence-electron chi connectivity index (χ2n) is 4.79. The number of carbonyl (C=O) groups is 1. The average molecular weight is 322 g/mol. The summed E-state index contributed by atoms with van der Waals surface area (Å²) >= 11 is 5.79. The van der Waals surface area contributed by atoms with E-state index in [4.69, 9.17) is 21.1 Å². The van der Waals surface area contributed by atoms with E-state index in [9.17, 15) is 9.18 Å². The van der Waals surface area contributed by atoms with Gasteiger partial charge >= 0.3 is 0 Å². The molecule has 3 rings (SSSR count). The van der Waals surface area contributed by atoms with Gasteiger partial charge in [-0.2, -0.15) is 0 Å². The Balaban J connectivity index is 1.82. The summed E-state index contributed by atoms with van der Waals surface area (Å²) in [6, 6.07) is 8.88. The zero-order valence-corrected chi connectivity index (χ0v) is 12.3. The van der Waals surface area contributed by atoms with Crippen LogP contribution in [0.1, 0.15) is 16.8 Å². The minimum absolute atomic E-state index is 0.111. The van der Waals surface area contributed by atoms with Crippen LogP contribution in [-0.4, -0.2) is 19.1 Å². The van der Waals surface area contributed by atoms with Gasteiger partial charge in [0.2, 0.25) is 0 Å². The zero-order chi connectivity index (χ0) is 15.5. The van der Waals surface area contributed by atoms with E-state index in [2.05, 4.69) is 5.32 Å². The van der Waals surface area contributed by atoms with E-state index in [-0.39, 0.29) is 5.56 Å². The molecule has 6 heteroatoms. The number of ether oxygens (including phenoxy) is 2. The number of benzene rings is 2. The molecule has 0 radical (unpaired) electrons. The highest BCUT2D eigenvalue weighted by Gasteiger charge is 2.15. The molecular weight excluding hydrogens is 309 g/mol. The fraction of sp³-hybridized carbons (Fsp3) is 0.188. The van der Waals surface area contributed by atoms with Gasteiger partial charge < -0.3 is 14.8 Å². The molecule has 0 aliphatic carbocycles. The average Bonchev–Trinajstić information content (AvgIpc) is 2.74. The number of rotatable bonds is 2. The third kappa shape index (κ3) is 3.14. The SMILES string of the molecule is O=C(Nc1ccc2c(c1)OCCCO2)c1cc(Cl)ccc1F. The molecule has 0 bridgehead atoms. The quantitative estimate of drug-likeness (QED) is 0.912. The Bertz CT molecular complexity index is 721. The van der Waals surface area contributed by atoms with Gasteiger partial charge in [0.25, 0.3) is 5.91 Å². The Hall–Kier alpha value is -2.27. The molecule has 0 saturated carbocycles. The predicted octanol–water partition coefficient (Wildman–Crippen LogP) is 3.89. The van der Waals surface area contributed by atoms with Crippen molar-refractivity contribution in [1.29, 1.82) is 0 Å². The molecule has 0 aromatic heterocycles. The summed E-state index contributed by atoms with van der Waals surface area (Å²) in [6.45, 7) is 1.14. The summed E-state index contributed by atoms with van der Waals surface area (Å²) in [4.78, 5) is 12.1. The third-order valence-electron chi connectivity index (χ3n) is 3.18. The molecule has 4 nitrogen and oxygen atoms in total. The smallest absolute Gasteiger partial charge is 0.258 e. The van der Waals surface area contributed by atoms with Gasteiger partial charge in [0, 0.05) is 23.2 Å². The number of fused-ring (bicyclic) bond motifs is 1. The van der Waals surface area contributed by atoms with Crippen LogP contribution in [0.25, 0.3) is 0 Å². The minimum atomic E-state index is -0.628. The Labute approximate surface area is 131 Å². The highest BCUT2D eigenvalue weighted by atomic mass is 35.5. The standard InChI is InChI=1S/C16H13ClFNO3/c17-10-2-4-13(18)12(8-10)16(20)19-11-3-5-14-15(9-11)22-7-1-6-21-14/h2-5,8-9H,1,6-7H2,(H,19,20). The predicted molar refractivity (Wildman–Crippen MR) is 81.4 cm³/mol. The summed E-state index contributed by atoms with van der Waals surface area (Å²) in [5, 5.41) is 2.92. The molecule has 1 heterocycles. The van der Waals surface area contributed by atoms with Crippen molar-refractivity contribution in [2.75, 3.05) is 18.5 Å². The van der Waals surface area contributed by atoms with E-state index in [1.54, 1.807) is 18.2 Å². The van der Waals surface area contributed by atoms with Crippen molar-refractivity contribution in [3.8, 4) is 11.5 Å². The van der Waals surface area contributed by atoms with Crippen molar-refractivity contribution in [2.24, 2.45) is 0 Å². The minimum Gasteiger partial charge on any atom is -0.490 e. The second kappa shape index (κ2) is 6.23. The first-order chi connectivity index (χ1) is 10.6. The van der Waals surface area contributed by atoms with Crippen LogP contribution in [0.2, 0.25) is 5.02 Å². The van der Waals surface area contributed by atoms with Crippen LogP contribution in [0, 0.1) is 5.82 Å². The van der Waals surface area contributed by atoms with E-state index in [0.717, 1.165) is 12.5 Å². The Morgan fingerprint density at radius 3 is 2.68 bits per heavy atom. The maximum Gasteiger partial charge on any atom is 0.258 e. The second-order valence-corrected chi connectivity index (χ2v) is 5.23. The van der Waals surface area contributed by atoms with Gasteiger partial charge in [-0.3, -0.25) is 4.79 Å². The molecule has 0 unspecified atom stereocenters. The van der Waals surface area contributed by atoms with Crippen LogP contribution >= 0.6 is 11.6 Å². The number of amides is 1. The molecule has 1 amide bonds. The fourth-order valence-corrected chi connectivity index (χ4v) is 2.28. The first-order valence-electron chi connectivity index (χ1n) is 6.79. The molecule has 1 N–H and O–H groups in total. The van der Waals surface area contributed by atoms with Crippen LogP contribution in [0.3, 0.4) is 0 Å². The van der Waals surface area contributed by atoms with Crippen LogP contribution in [0.5, 0.6) is 11.5 Å². The van der Waals surface area contributed by atoms with Gasteiger partial charge in [-0.1, -0.05) is 11.6 Å². The molecule has 114 valence electrons. The number of carbonyl (C=O) groups excluding carboxylic acids is 1. The fourth-order valence-electron chi connectivity index (χ4n) is 2.11. The van der Waals surface area contributed by atoms with Crippen molar-refractivity contribution in [2.45, 2.75) is 6.42 Å². The first kappa shape index (κ1) is 14.7. The largest absolute Gasteiger partial charge is 0.490 e. The zero-order valence-electron chi connectivity index (χ0n) is 11.6. The lowest BCUT2D eigenvalue weighted by Crippen LogP contribution is -2.13. The van der Waals surface area contributed by atoms with Gasteiger partial charge in [0.05, 0.1) is 18.8 Å². The summed E-state index contributed by atoms with van der Waals surface area (Å²) < 4.78 is 24.7. The van der Waals surface area contributed by atoms with Gasteiger partial charge in [-0.25, -0.2) is 4.39 Å². The highest BCUT2D eigenvalue weighted by molar-refractivity contribution is 6.31. The topological polar surface area (TPSA) is 47.6 Å². The van der Waals surface area contributed by atoms with E-state index in [1.807, 2.05) is 0 Å². The van der Waals surface area contributed by atoms with E-state index in [0.29, 0.717) is 35.4 Å². The van der Waals surface area contributed by atoms with Gasteiger partial charge in [0.1, 0.15) is 5.82 Å². The van der Waals surface area contributed by atoms with Gasteiger partial charge in [-0.05, 0) is 30.3 Å². The lowest BCUT2D eigenvalue weighted by atomic mass is 10.2. The van der Waals surface area contributed by atoms with Crippen LogP contribution in [0.4, 0.5) is 10.1 Å². The summed E-state index contributed by atoms with van der Waals surface area (Å²) in [5.74, 6) is -0.0166. The highest BCUT2D eigenvalue weighted by Crippen LogP contribution is 2.32. The molecule has 0 atom stereocenters.